The van der Waals surface area contributed by atoms with Gasteiger partial charge < -0.3 is 9.53 Å². The molecule has 0 unspecified atom stereocenters. The highest BCUT2D eigenvalue weighted by Gasteiger charge is 1.98. The molecule has 0 saturated heterocycles. The van der Waals surface area contributed by atoms with Gasteiger partial charge in [-0.25, -0.2) is 0 Å². The topological polar surface area (TPSA) is 43.4 Å². The van der Waals surface area contributed by atoms with Crippen LogP contribution in [0.3, 0.4) is 0 Å². The number of carbonyl (C=O) groups excluding carboxylic acids is 2. The molecule has 0 amide bonds. The van der Waals surface area contributed by atoms with E-state index < -0.39 is 0 Å². The minimum Gasteiger partial charge on any atom is -0.465 e. The summed E-state index contributed by atoms with van der Waals surface area (Å²) in [6, 6.07) is 0. The van der Waals surface area contributed by atoms with Crippen molar-refractivity contribution in [2.75, 3.05) is 11.9 Å². The molecule has 0 saturated carbocycles. The van der Waals surface area contributed by atoms with Gasteiger partial charge in [0.1, 0.15) is 11.6 Å². The lowest BCUT2D eigenvalue weighted by atomic mass is 10.1. The first-order valence-corrected chi connectivity index (χ1v) is 6.58. The largest absolute Gasteiger partial charge is 0.465 e. The second-order valence-corrected chi connectivity index (χ2v) is 3.99. The molecule has 0 aromatic heterocycles. The van der Waals surface area contributed by atoms with Crippen LogP contribution in [0.5, 0.6) is 0 Å². The molecule has 0 aliphatic rings. The van der Waals surface area contributed by atoms with E-state index in [9.17, 15) is 9.59 Å². The third kappa shape index (κ3) is 11.5. The van der Waals surface area contributed by atoms with Crippen LogP contribution in [0.15, 0.2) is 0 Å². The molecular formula is C11H19BrO3. The summed E-state index contributed by atoms with van der Waals surface area (Å²) in [4.78, 5) is 20.7. The fourth-order valence-corrected chi connectivity index (χ4v) is 1.42. The fraction of sp³-hybridized carbons (Fsp3) is 0.818. The standard InChI is InChI=1S/C11H19BrO3/c12-10-11(14)15-9-7-5-3-1-2-4-6-8-13/h8H,1-7,9-10H2. The van der Waals surface area contributed by atoms with Crippen molar-refractivity contribution >= 4 is 28.2 Å². The molecule has 15 heavy (non-hydrogen) atoms. The first-order valence-electron chi connectivity index (χ1n) is 5.46. The summed E-state index contributed by atoms with van der Waals surface area (Å²) in [7, 11) is 0. The van der Waals surface area contributed by atoms with Gasteiger partial charge in [-0.1, -0.05) is 41.6 Å². The van der Waals surface area contributed by atoms with Crippen LogP contribution in [0, 0.1) is 0 Å². The van der Waals surface area contributed by atoms with Crippen molar-refractivity contribution in [1.29, 1.82) is 0 Å². The van der Waals surface area contributed by atoms with Gasteiger partial charge in [0.05, 0.1) is 6.61 Å². The zero-order valence-electron chi connectivity index (χ0n) is 9.04. The van der Waals surface area contributed by atoms with E-state index in [1.807, 2.05) is 0 Å². The number of hydrogen-bond acceptors (Lipinski definition) is 3. The van der Waals surface area contributed by atoms with Gasteiger partial charge in [-0.15, -0.1) is 0 Å². The van der Waals surface area contributed by atoms with Gasteiger partial charge in [-0.05, 0) is 12.8 Å². The summed E-state index contributed by atoms with van der Waals surface area (Å²) in [6.07, 6.45) is 8.14. The Morgan fingerprint density at radius 1 is 1.07 bits per heavy atom. The monoisotopic (exact) mass is 278 g/mol. The maximum absolute atomic E-state index is 10.7. The lowest BCUT2D eigenvalue weighted by molar-refractivity contribution is -0.140. The first kappa shape index (κ1) is 14.6. The molecule has 0 N–H and O–H groups in total. The zero-order valence-corrected chi connectivity index (χ0v) is 10.6. The smallest absolute Gasteiger partial charge is 0.316 e. The van der Waals surface area contributed by atoms with Gasteiger partial charge in [0.2, 0.25) is 0 Å². The Balaban J connectivity index is 2.98. The molecule has 0 heterocycles. The molecule has 0 aliphatic carbocycles. The van der Waals surface area contributed by atoms with Crippen LogP contribution < -0.4 is 0 Å². The summed E-state index contributed by atoms with van der Waals surface area (Å²) in [5.74, 6) is -0.194. The average Bonchev–Trinajstić information content (AvgIpc) is 2.26. The van der Waals surface area contributed by atoms with Crippen molar-refractivity contribution in [3.63, 3.8) is 0 Å². The number of esters is 1. The molecule has 4 heteroatoms. The Morgan fingerprint density at radius 3 is 2.27 bits per heavy atom. The number of halogens is 1. The average molecular weight is 279 g/mol. The van der Waals surface area contributed by atoms with Crippen molar-refractivity contribution in [2.24, 2.45) is 0 Å². The second-order valence-electron chi connectivity index (χ2n) is 3.43. The van der Waals surface area contributed by atoms with Gasteiger partial charge in [0.15, 0.2) is 0 Å². The Hall–Kier alpha value is -0.380. The zero-order chi connectivity index (χ0) is 11.4. The van der Waals surface area contributed by atoms with Crippen LogP contribution in [0.2, 0.25) is 0 Å². The number of carbonyl (C=O) groups is 2. The van der Waals surface area contributed by atoms with Crippen LogP contribution in [-0.2, 0) is 14.3 Å². The Kier molecular flexibility index (Phi) is 11.4. The minimum atomic E-state index is -0.194. The molecule has 0 fully saturated rings. The van der Waals surface area contributed by atoms with E-state index >= 15 is 0 Å². The van der Waals surface area contributed by atoms with E-state index in [0.717, 1.165) is 38.4 Å². The number of ether oxygens (including phenoxy) is 1. The van der Waals surface area contributed by atoms with Crippen molar-refractivity contribution < 1.29 is 14.3 Å². The lowest BCUT2D eigenvalue weighted by Crippen LogP contribution is -2.06. The van der Waals surface area contributed by atoms with E-state index in [4.69, 9.17) is 4.74 Å². The maximum Gasteiger partial charge on any atom is 0.316 e. The van der Waals surface area contributed by atoms with Crippen LogP contribution in [-0.4, -0.2) is 24.2 Å². The maximum atomic E-state index is 10.7. The van der Waals surface area contributed by atoms with E-state index in [1.165, 1.54) is 6.42 Å². The number of rotatable bonds is 10. The van der Waals surface area contributed by atoms with Gasteiger partial charge >= 0.3 is 5.97 Å². The molecular weight excluding hydrogens is 260 g/mol. The van der Waals surface area contributed by atoms with Crippen LogP contribution in [0.1, 0.15) is 44.9 Å². The third-order valence-electron chi connectivity index (χ3n) is 2.09. The SMILES string of the molecule is O=CCCCCCCCCOC(=O)CBr. The number of hydrogen-bond donors (Lipinski definition) is 0. The summed E-state index contributed by atoms with van der Waals surface area (Å²) >= 11 is 3.03. The van der Waals surface area contributed by atoms with E-state index in [-0.39, 0.29) is 11.3 Å². The molecule has 0 atom stereocenters. The molecule has 0 aromatic carbocycles. The predicted molar refractivity (Wildman–Crippen MR) is 63.1 cm³/mol. The minimum absolute atomic E-state index is 0.194. The van der Waals surface area contributed by atoms with Crippen molar-refractivity contribution in [3.8, 4) is 0 Å². The highest BCUT2D eigenvalue weighted by atomic mass is 79.9. The van der Waals surface area contributed by atoms with Crippen molar-refractivity contribution in [2.45, 2.75) is 44.9 Å². The van der Waals surface area contributed by atoms with Gasteiger partial charge in [-0.2, -0.15) is 0 Å². The third-order valence-corrected chi connectivity index (χ3v) is 2.55. The summed E-state index contributed by atoms with van der Waals surface area (Å²) < 4.78 is 4.90. The number of aldehydes is 1. The van der Waals surface area contributed by atoms with Crippen LogP contribution in [0.4, 0.5) is 0 Å². The molecule has 0 aromatic rings. The van der Waals surface area contributed by atoms with Crippen molar-refractivity contribution in [3.05, 3.63) is 0 Å². The molecule has 0 rings (SSSR count). The molecule has 0 bridgehead atoms. The fourth-order valence-electron chi connectivity index (χ4n) is 1.26. The molecule has 3 nitrogen and oxygen atoms in total. The molecule has 88 valence electrons. The van der Waals surface area contributed by atoms with Crippen molar-refractivity contribution in [1.82, 2.24) is 0 Å². The first-order chi connectivity index (χ1) is 7.31. The normalized spacial score (nSPS) is 9.93. The Labute approximate surface area is 99.7 Å². The Bertz CT molecular complexity index is 171. The highest BCUT2D eigenvalue weighted by Crippen LogP contribution is 2.06. The van der Waals surface area contributed by atoms with Gasteiger partial charge in [0.25, 0.3) is 0 Å². The summed E-state index contributed by atoms with van der Waals surface area (Å²) in [5.41, 5.74) is 0. The Morgan fingerprint density at radius 2 is 1.67 bits per heavy atom. The quantitative estimate of drug-likeness (QED) is 0.267. The number of unbranched alkanes of at least 4 members (excludes halogenated alkanes) is 6. The van der Waals surface area contributed by atoms with Crippen LogP contribution in [0.25, 0.3) is 0 Å². The highest BCUT2D eigenvalue weighted by molar-refractivity contribution is 9.09. The predicted octanol–water partition coefficient (Wildman–Crippen LogP) is 2.85. The van der Waals surface area contributed by atoms with E-state index in [1.54, 1.807) is 0 Å². The van der Waals surface area contributed by atoms with E-state index in [2.05, 4.69) is 15.9 Å². The lowest BCUT2D eigenvalue weighted by Gasteiger charge is -2.02. The number of alkyl halides is 1. The second kappa shape index (κ2) is 11.7. The molecule has 0 radical (unpaired) electrons. The molecule has 0 aliphatic heterocycles. The molecule has 0 spiro atoms. The van der Waals surface area contributed by atoms with Gasteiger partial charge in [0, 0.05) is 6.42 Å². The summed E-state index contributed by atoms with van der Waals surface area (Å²) in [6.45, 7) is 0.527. The summed E-state index contributed by atoms with van der Waals surface area (Å²) in [5, 5.41) is 0.276. The van der Waals surface area contributed by atoms with Gasteiger partial charge in [-0.3, -0.25) is 4.79 Å². The van der Waals surface area contributed by atoms with Crippen LogP contribution >= 0.6 is 15.9 Å². The van der Waals surface area contributed by atoms with E-state index in [0.29, 0.717) is 13.0 Å².